The molecule has 0 saturated carbocycles. The number of hydrogen-bond acceptors (Lipinski definition) is 2. The molecule has 0 N–H and O–H groups in total. The van der Waals surface area contributed by atoms with E-state index in [1.54, 1.807) is 11.8 Å². The number of nitrogens with zero attached hydrogens (tertiary/aromatic N) is 1. The van der Waals surface area contributed by atoms with E-state index in [1.165, 1.54) is 47.5 Å². The number of halogens is 1. The third-order valence-corrected chi connectivity index (χ3v) is 3.98. The molecule has 0 aliphatic heterocycles. The first-order valence-electron chi connectivity index (χ1n) is 5.72. The van der Waals surface area contributed by atoms with Crippen LogP contribution in [0.2, 0.25) is 0 Å². The van der Waals surface area contributed by atoms with Crippen LogP contribution in [-0.4, -0.2) is 4.98 Å². The highest BCUT2D eigenvalue weighted by molar-refractivity contribution is 7.99. The summed E-state index contributed by atoms with van der Waals surface area (Å²) >= 11 is 1.59. The number of aryl methyl sites for hydroxylation is 2. The first-order valence-corrected chi connectivity index (χ1v) is 6.54. The standard InChI is InChI=1S/C14H12FNS/c15-14-9-13(6-7-16-14)17-12-5-4-10-2-1-3-11(10)8-12/h4-9H,1-3H2. The van der Waals surface area contributed by atoms with E-state index in [2.05, 4.69) is 23.2 Å². The maximum atomic E-state index is 13.0. The van der Waals surface area contributed by atoms with Crippen LogP contribution in [0.25, 0.3) is 0 Å². The zero-order valence-corrected chi connectivity index (χ0v) is 10.1. The summed E-state index contributed by atoms with van der Waals surface area (Å²) in [6, 6.07) is 9.85. The monoisotopic (exact) mass is 245 g/mol. The molecule has 0 radical (unpaired) electrons. The summed E-state index contributed by atoms with van der Waals surface area (Å²) in [5, 5.41) is 0. The average Bonchev–Trinajstić information content (AvgIpc) is 2.76. The lowest BCUT2D eigenvalue weighted by molar-refractivity contribution is 0.579. The van der Waals surface area contributed by atoms with Gasteiger partial charge in [0, 0.05) is 22.1 Å². The van der Waals surface area contributed by atoms with Crippen molar-refractivity contribution in [2.75, 3.05) is 0 Å². The maximum absolute atomic E-state index is 13.0. The summed E-state index contributed by atoms with van der Waals surface area (Å²) < 4.78 is 13.0. The van der Waals surface area contributed by atoms with E-state index in [1.807, 2.05) is 6.07 Å². The van der Waals surface area contributed by atoms with Crippen LogP contribution in [0, 0.1) is 5.95 Å². The third kappa shape index (κ3) is 2.34. The lowest BCUT2D eigenvalue weighted by atomic mass is 10.1. The molecule has 17 heavy (non-hydrogen) atoms. The van der Waals surface area contributed by atoms with E-state index in [4.69, 9.17) is 0 Å². The van der Waals surface area contributed by atoms with Crippen LogP contribution in [0.4, 0.5) is 4.39 Å². The van der Waals surface area contributed by atoms with Gasteiger partial charge in [0.2, 0.25) is 5.95 Å². The van der Waals surface area contributed by atoms with Crippen LogP contribution in [0.5, 0.6) is 0 Å². The molecular weight excluding hydrogens is 233 g/mol. The fourth-order valence-electron chi connectivity index (χ4n) is 2.20. The minimum absolute atomic E-state index is 0.420. The minimum Gasteiger partial charge on any atom is -0.228 e. The highest BCUT2D eigenvalue weighted by atomic mass is 32.2. The largest absolute Gasteiger partial charge is 0.228 e. The second-order valence-electron chi connectivity index (χ2n) is 4.20. The van der Waals surface area contributed by atoms with Gasteiger partial charge in [-0.25, -0.2) is 4.98 Å². The van der Waals surface area contributed by atoms with Gasteiger partial charge in [-0.15, -0.1) is 0 Å². The summed E-state index contributed by atoms with van der Waals surface area (Å²) in [5.74, 6) is -0.420. The zero-order valence-electron chi connectivity index (χ0n) is 9.32. The van der Waals surface area contributed by atoms with Crippen LogP contribution in [0.1, 0.15) is 17.5 Å². The molecule has 0 saturated heterocycles. The molecule has 0 fully saturated rings. The smallest absolute Gasteiger partial charge is 0.213 e. The molecule has 0 amide bonds. The summed E-state index contributed by atoms with van der Waals surface area (Å²) in [5.41, 5.74) is 2.92. The van der Waals surface area contributed by atoms with Crippen molar-refractivity contribution >= 4 is 11.8 Å². The van der Waals surface area contributed by atoms with Crippen LogP contribution in [-0.2, 0) is 12.8 Å². The number of aromatic nitrogens is 1. The van der Waals surface area contributed by atoms with Crippen molar-refractivity contribution in [2.45, 2.75) is 29.1 Å². The summed E-state index contributed by atoms with van der Waals surface area (Å²) in [6.45, 7) is 0. The first kappa shape index (κ1) is 10.8. The fraction of sp³-hybridized carbons (Fsp3) is 0.214. The van der Waals surface area contributed by atoms with E-state index in [0.29, 0.717) is 0 Å². The highest BCUT2D eigenvalue weighted by Crippen LogP contribution is 2.31. The van der Waals surface area contributed by atoms with Gasteiger partial charge in [0.25, 0.3) is 0 Å². The fourth-order valence-corrected chi connectivity index (χ4v) is 3.09. The van der Waals surface area contributed by atoms with Crippen molar-refractivity contribution in [1.82, 2.24) is 4.98 Å². The topological polar surface area (TPSA) is 12.9 Å². The average molecular weight is 245 g/mol. The molecule has 0 spiro atoms. The van der Waals surface area contributed by atoms with Crippen molar-refractivity contribution in [1.29, 1.82) is 0 Å². The Labute approximate surface area is 104 Å². The molecule has 86 valence electrons. The minimum atomic E-state index is -0.420. The zero-order chi connectivity index (χ0) is 11.7. The Bertz CT molecular complexity index is 554. The van der Waals surface area contributed by atoms with Gasteiger partial charge in [-0.2, -0.15) is 4.39 Å². The first-order chi connectivity index (χ1) is 8.31. The van der Waals surface area contributed by atoms with Crippen LogP contribution in [0.15, 0.2) is 46.3 Å². The predicted octanol–water partition coefficient (Wildman–Crippen LogP) is 3.86. The quantitative estimate of drug-likeness (QED) is 0.745. The summed E-state index contributed by atoms with van der Waals surface area (Å²) in [7, 11) is 0. The van der Waals surface area contributed by atoms with Crippen LogP contribution >= 0.6 is 11.8 Å². The number of benzene rings is 1. The van der Waals surface area contributed by atoms with Crippen LogP contribution in [0.3, 0.4) is 0 Å². The van der Waals surface area contributed by atoms with E-state index < -0.39 is 5.95 Å². The van der Waals surface area contributed by atoms with Crippen molar-refractivity contribution in [3.05, 3.63) is 53.6 Å². The molecule has 0 unspecified atom stereocenters. The Kier molecular flexibility index (Phi) is 2.85. The second-order valence-corrected chi connectivity index (χ2v) is 5.35. The Morgan fingerprint density at radius 2 is 1.82 bits per heavy atom. The molecule has 3 heteroatoms. The molecule has 2 aromatic rings. The molecule has 3 rings (SSSR count). The van der Waals surface area contributed by atoms with Crippen molar-refractivity contribution < 1.29 is 4.39 Å². The number of hydrogen-bond donors (Lipinski definition) is 0. The molecule has 1 aliphatic carbocycles. The predicted molar refractivity (Wildman–Crippen MR) is 66.8 cm³/mol. The lowest BCUT2D eigenvalue weighted by Gasteiger charge is -2.04. The van der Waals surface area contributed by atoms with Gasteiger partial charge in [-0.1, -0.05) is 17.8 Å². The second kappa shape index (κ2) is 4.49. The SMILES string of the molecule is Fc1cc(Sc2ccc3c(c2)CCC3)ccn1. The normalized spacial score (nSPS) is 13.7. The van der Waals surface area contributed by atoms with Gasteiger partial charge < -0.3 is 0 Å². The Balaban J connectivity index is 1.86. The molecule has 1 nitrogen and oxygen atoms in total. The molecule has 0 bridgehead atoms. The number of rotatable bonds is 2. The molecule has 1 aliphatic rings. The van der Waals surface area contributed by atoms with Gasteiger partial charge in [0.05, 0.1) is 0 Å². The van der Waals surface area contributed by atoms with Crippen LogP contribution < -0.4 is 0 Å². The van der Waals surface area contributed by atoms with E-state index in [-0.39, 0.29) is 0 Å². The molecule has 1 aromatic heterocycles. The maximum Gasteiger partial charge on any atom is 0.213 e. The van der Waals surface area contributed by atoms with E-state index >= 15 is 0 Å². The Morgan fingerprint density at radius 1 is 1.00 bits per heavy atom. The number of pyridine rings is 1. The molecule has 1 aromatic carbocycles. The van der Waals surface area contributed by atoms with Gasteiger partial charge >= 0.3 is 0 Å². The Morgan fingerprint density at radius 3 is 2.71 bits per heavy atom. The van der Waals surface area contributed by atoms with Gasteiger partial charge in [-0.3, -0.25) is 0 Å². The lowest BCUT2D eigenvalue weighted by Crippen LogP contribution is -1.84. The summed E-state index contributed by atoms with van der Waals surface area (Å²) in [6.07, 6.45) is 5.14. The molecule has 0 atom stereocenters. The van der Waals surface area contributed by atoms with Gasteiger partial charge in [0.1, 0.15) is 0 Å². The van der Waals surface area contributed by atoms with Gasteiger partial charge in [0.15, 0.2) is 0 Å². The van der Waals surface area contributed by atoms with Crippen molar-refractivity contribution in [3.8, 4) is 0 Å². The van der Waals surface area contributed by atoms with E-state index in [0.717, 1.165) is 4.90 Å². The Hall–Kier alpha value is -1.35. The van der Waals surface area contributed by atoms with Crippen molar-refractivity contribution in [3.63, 3.8) is 0 Å². The third-order valence-electron chi connectivity index (χ3n) is 3.00. The van der Waals surface area contributed by atoms with E-state index in [9.17, 15) is 4.39 Å². The summed E-state index contributed by atoms with van der Waals surface area (Å²) in [4.78, 5) is 5.63. The molecular formula is C14H12FNS. The van der Waals surface area contributed by atoms with Gasteiger partial charge in [-0.05, 0) is 48.6 Å². The van der Waals surface area contributed by atoms with Crippen molar-refractivity contribution in [2.24, 2.45) is 0 Å². The number of fused-ring (bicyclic) bond motifs is 1. The molecule has 1 heterocycles. The highest BCUT2D eigenvalue weighted by Gasteiger charge is 2.11.